The Balaban J connectivity index is 1.84. The highest BCUT2D eigenvalue weighted by atomic mass is 32.2. The number of hydrogen-bond donors (Lipinski definition) is 0. The van der Waals surface area contributed by atoms with Crippen molar-refractivity contribution in [2.75, 3.05) is 6.61 Å². The Morgan fingerprint density at radius 1 is 1.24 bits per heavy atom. The quantitative estimate of drug-likeness (QED) is 0.594. The molecule has 2 heterocycles. The van der Waals surface area contributed by atoms with Gasteiger partial charge in [-0.1, -0.05) is 0 Å². The van der Waals surface area contributed by atoms with Crippen molar-refractivity contribution in [1.29, 1.82) is 0 Å². The molecule has 0 amide bonds. The summed E-state index contributed by atoms with van der Waals surface area (Å²) in [5.74, 6) is -0.324. The monoisotopic (exact) mass is 379 g/mol. The second kappa shape index (κ2) is 6.49. The zero-order valence-electron chi connectivity index (χ0n) is 13.0. The van der Waals surface area contributed by atoms with E-state index in [4.69, 9.17) is 4.74 Å². The lowest BCUT2D eigenvalue weighted by atomic mass is 9.92. The molecule has 0 bridgehead atoms. The van der Waals surface area contributed by atoms with E-state index in [1.165, 1.54) is 18.2 Å². The van der Waals surface area contributed by atoms with Crippen LogP contribution in [0.4, 0.5) is 13.2 Å². The van der Waals surface area contributed by atoms with Gasteiger partial charge in [-0.3, -0.25) is 4.79 Å². The fraction of sp³-hybridized carbons (Fsp3) is 0.533. The van der Waals surface area contributed by atoms with Crippen LogP contribution in [-0.2, 0) is 19.0 Å². The van der Waals surface area contributed by atoms with Crippen LogP contribution in [0, 0.1) is 0 Å². The third kappa shape index (κ3) is 3.74. The number of halogens is 3. The minimum absolute atomic E-state index is 0.00638. The van der Waals surface area contributed by atoms with Crippen LogP contribution in [-0.4, -0.2) is 25.1 Å². The van der Waals surface area contributed by atoms with Gasteiger partial charge in [0.2, 0.25) is 0 Å². The molecule has 1 saturated carbocycles. The maximum absolute atomic E-state index is 12.4. The first-order valence-corrected chi connectivity index (χ1v) is 9.13. The van der Waals surface area contributed by atoms with Gasteiger partial charge in [0.15, 0.2) is 0 Å². The third-order valence-electron chi connectivity index (χ3n) is 4.24. The van der Waals surface area contributed by atoms with Crippen molar-refractivity contribution in [3.8, 4) is 0 Å². The van der Waals surface area contributed by atoms with Gasteiger partial charge in [0.05, 0.1) is 6.61 Å². The second-order valence-corrected chi connectivity index (χ2v) is 7.49. The standard InChI is InChI=1S/C15H16F3NO5S/c16-15(17,18)25(21,22)24-12-6-7-23-13(8-12)10-4-5-14(20)19(9-10)11-2-1-3-11/h4-5,8-9,11,13H,1-3,6-7H2. The fourth-order valence-corrected chi connectivity index (χ4v) is 3.19. The lowest BCUT2D eigenvalue weighted by Crippen LogP contribution is -2.29. The average Bonchev–Trinajstić information content (AvgIpc) is 2.46. The smallest absolute Gasteiger partial charge is 0.381 e. The summed E-state index contributed by atoms with van der Waals surface area (Å²) in [7, 11) is -5.71. The highest BCUT2D eigenvalue weighted by molar-refractivity contribution is 7.87. The third-order valence-corrected chi connectivity index (χ3v) is 5.24. The summed E-state index contributed by atoms with van der Waals surface area (Å²) in [6.07, 6.45) is 4.75. The maximum Gasteiger partial charge on any atom is 0.534 e. The van der Waals surface area contributed by atoms with Crippen molar-refractivity contribution in [2.45, 2.75) is 43.3 Å². The summed E-state index contributed by atoms with van der Waals surface area (Å²) in [6, 6.07) is 2.99. The first-order chi connectivity index (χ1) is 11.7. The Bertz CT molecular complexity index is 839. The van der Waals surface area contributed by atoms with E-state index < -0.39 is 21.7 Å². The molecule has 1 fully saturated rings. The van der Waals surface area contributed by atoms with Crippen molar-refractivity contribution < 1.29 is 30.5 Å². The van der Waals surface area contributed by atoms with Crippen LogP contribution >= 0.6 is 0 Å². The first kappa shape index (κ1) is 18.0. The van der Waals surface area contributed by atoms with Crippen molar-refractivity contribution in [3.63, 3.8) is 0 Å². The number of alkyl halides is 3. The summed E-state index contributed by atoms with van der Waals surface area (Å²) >= 11 is 0. The normalized spacial score (nSPS) is 22.2. The van der Waals surface area contributed by atoms with Crippen LogP contribution in [0.3, 0.4) is 0 Å². The number of ether oxygens (including phenoxy) is 1. The molecule has 0 aromatic carbocycles. The van der Waals surface area contributed by atoms with Crippen molar-refractivity contribution in [1.82, 2.24) is 4.57 Å². The fourth-order valence-electron chi connectivity index (χ4n) is 2.68. The zero-order valence-corrected chi connectivity index (χ0v) is 13.8. The van der Waals surface area contributed by atoms with Gasteiger partial charge >= 0.3 is 15.6 Å². The van der Waals surface area contributed by atoms with Crippen LogP contribution in [0.2, 0.25) is 0 Å². The predicted octanol–water partition coefficient (Wildman–Crippen LogP) is 2.78. The number of pyridine rings is 1. The summed E-state index contributed by atoms with van der Waals surface area (Å²) in [6.45, 7) is 0.00638. The molecule has 10 heteroatoms. The lowest BCUT2D eigenvalue weighted by Gasteiger charge is -2.29. The molecule has 3 rings (SSSR count). The Kier molecular flexibility index (Phi) is 4.67. The van der Waals surface area contributed by atoms with Gasteiger partial charge in [0, 0.05) is 30.3 Å². The maximum atomic E-state index is 12.4. The van der Waals surface area contributed by atoms with E-state index in [1.807, 2.05) is 0 Å². The van der Waals surface area contributed by atoms with E-state index in [1.54, 1.807) is 10.8 Å². The highest BCUT2D eigenvalue weighted by Crippen LogP contribution is 2.33. The Hall–Kier alpha value is -1.81. The van der Waals surface area contributed by atoms with Crippen LogP contribution in [0.5, 0.6) is 0 Å². The molecule has 6 nitrogen and oxygen atoms in total. The van der Waals surface area contributed by atoms with E-state index in [2.05, 4.69) is 4.18 Å². The van der Waals surface area contributed by atoms with Crippen LogP contribution in [0.15, 0.2) is 35.0 Å². The predicted molar refractivity (Wildman–Crippen MR) is 81.0 cm³/mol. The van der Waals surface area contributed by atoms with E-state index in [0.29, 0.717) is 5.56 Å². The van der Waals surface area contributed by atoms with Crippen LogP contribution in [0.25, 0.3) is 0 Å². The summed E-state index contributed by atoms with van der Waals surface area (Å²) in [4.78, 5) is 11.9. The SMILES string of the molecule is O=c1ccc(C2C=C(OS(=O)(=O)C(F)(F)F)CCO2)cn1C1CCC1. The number of rotatable bonds is 4. The van der Waals surface area contributed by atoms with Crippen molar-refractivity contribution in [3.05, 3.63) is 46.1 Å². The summed E-state index contributed by atoms with van der Waals surface area (Å²) < 4.78 is 70.8. The molecular weight excluding hydrogens is 363 g/mol. The van der Waals surface area contributed by atoms with Gasteiger partial charge in [0.25, 0.3) is 5.56 Å². The topological polar surface area (TPSA) is 74.6 Å². The lowest BCUT2D eigenvalue weighted by molar-refractivity contribution is -0.0530. The Labute approximate surface area is 142 Å². The Morgan fingerprint density at radius 2 is 1.96 bits per heavy atom. The molecule has 1 aliphatic heterocycles. The number of nitrogens with zero attached hydrogens (tertiary/aromatic N) is 1. The Morgan fingerprint density at radius 3 is 2.56 bits per heavy atom. The van der Waals surface area contributed by atoms with E-state index >= 15 is 0 Å². The van der Waals surface area contributed by atoms with Gasteiger partial charge in [0.1, 0.15) is 11.9 Å². The molecule has 1 aliphatic carbocycles. The highest BCUT2D eigenvalue weighted by Gasteiger charge is 2.49. The van der Waals surface area contributed by atoms with Gasteiger partial charge in [-0.2, -0.15) is 21.6 Å². The van der Waals surface area contributed by atoms with Gasteiger partial charge in [-0.05, 0) is 31.4 Å². The van der Waals surface area contributed by atoms with Crippen LogP contribution in [0.1, 0.15) is 43.4 Å². The zero-order chi connectivity index (χ0) is 18.2. The second-order valence-electron chi connectivity index (χ2n) is 5.95. The average molecular weight is 379 g/mol. The minimum Gasteiger partial charge on any atom is -0.381 e. The first-order valence-electron chi connectivity index (χ1n) is 7.72. The molecule has 0 saturated heterocycles. The minimum atomic E-state index is -5.71. The largest absolute Gasteiger partial charge is 0.534 e. The molecule has 25 heavy (non-hydrogen) atoms. The number of hydrogen-bond acceptors (Lipinski definition) is 5. The van der Waals surface area contributed by atoms with Crippen molar-refractivity contribution >= 4 is 10.1 Å². The molecule has 1 atom stereocenters. The van der Waals surface area contributed by atoms with Gasteiger partial charge in [-0.25, -0.2) is 0 Å². The molecule has 0 N–H and O–H groups in total. The van der Waals surface area contributed by atoms with E-state index in [9.17, 15) is 26.4 Å². The molecule has 0 spiro atoms. The molecule has 1 unspecified atom stereocenters. The molecule has 1 aromatic rings. The van der Waals surface area contributed by atoms with Gasteiger partial charge in [-0.15, -0.1) is 0 Å². The van der Waals surface area contributed by atoms with E-state index in [0.717, 1.165) is 19.3 Å². The number of aromatic nitrogens is 1. The molecule has 2 aliphatic rings. The van der Waals surface area contributed by atoms with E-state index in [-0.39, 0.29) is 30.4 Å². The molecule has 1 aromatic heterocycles. The summed E-state index contributed by atoms with van der Waals surface area (Å²) in [5.41, 5.74) is -5.10. The van der Waals surface area contributed by atoms with Crippen molar-refractivity contribution in [2.24, 2.45) is 0 Å². The molecule has 138 valence electrons. The summed E-state index contributed by atoms with van der Waals surface area (Å²) in [5, 5.41) is 0. The van der Waals surface area contributed by atoms with Gasteiger partial charge < -0.3 is 13.5 Å². The van der Waals surface area contributed by atoms with Crippen LogP contribution < -0.4 is 5.56 Å². The molecule has 0 radical (unpaired) electrons. The molecular formula is C15H16F3NO5S.